The van der Waals surface area contributed by atoms with Crippen LogP contribution in [0.3, 0.4) is 0 Å². The number of primary sulfonamides is 1. The van der Waals surface area contributed by atoms with Crippen LogP contribution >= 0.6 is 0 Å². The van der Waals surface area contributed by atoms with Crippen molar-refractivity contribution in [3.63, 3.8) is 0 Å². The molecule has 5 heteroatoms. The predicted octanol–water partition coefficient (Wildman–Crippen LogP) is 0.0790. The molecule has 13 heavy (non-hydrogen) atoms. The summed E-state index contributed by atoms with van der Waals surface area (Å²) in [5.74, 6) is 0. The normalized spacial score (nSPS) is 45.1. The molecular weight excluding hydrogens is 188 g/mol. The third-order valence-corrected chi connectivity index (χ3v) is 5.66. The number of rotatable bonds is 1. The van der Waals surface area contributed by atoms with E-state index in [1.165, 1.54) is 0 Å². The number of nitrogens with two attached hydrogens (primary N) is 2. The van der Waals surface area contributed by atoms with Gasteiger partial charge in [-0.3, -0.25) is 0 Å². The van der Waals surface area contributed by atoms with Crippen molar-refractivity contribution in [2.24, 2.45) is 10.9 Å². The highest BCUT2D eigenvalue weighted by Crippen LogP contribution is 2.48. The summed E-state index contributed by atoms with van der Waals surface area (Å²) in [6.45, 7) is 0. The fraction of sp³-hybridized carbons (Fsp3) is 1.00. The van der Waals surface area contributed by atoms with Crippen molar-refractivity contribution in [1.29, 1.82) is 0 Å². The zero-order valence-corrected chi connectivity index (χ0v) is 8.44. The zero-order chi connectivity index (χ0) is 9.74. The lowest BCUT2D eigenvalue weighted by Crippen LogP contribution is -2.59. The lowest BCUT2D eigenvalue weighted by molar-refractivity contribution is 0.157. The smallest absolute Gasteiger partial charge is 0.214 e. The number of hydrogen-bond donors (Lipinski definition) is 2. The van der Waals surface area contributed by atoms with Crippen molar-refractivity contribution in [3.8, 4) is 0 Å². The van der Waals surface area contributed by atoms with E-state index in [1.807, 2.05) is 0 Å². The van der Waals surface area contributed by atoms with E-state index >= 15 is 0 Å². The zero-order valence-electron chi connectivity index (χ0n) is 7.62. The van der Waals surface area contributed by atoms with Gasteiger partial charge in [-0.15, -0.1) is 0 Å². The van der Waals surface area contributed by atoms with E-state index in [2.05, 4.69) is 0 Å². The lowest BCUT2D eigenvalue weighted by atomic mass is 9.66. The molecular formula is C8H16N2O2S. The molecule has 0 saturated heterocycles. The minimum atomic E-state index is -3.38. The Morgan fingerprint density at radius 1 is 0.923 bits per heavy atom. The van der Waals surface area contributed by atoms with Crippen LogP contribution in [0.4, 0.5) is 0 Å². The molecule has 3 fully saturated rings. The Labute approximate surface area is 78.7 Å². The summed E-state index contributed by atoms with van der Waals surface area (Å²) in [5.41, 5.74) is 5.97. The molecule has 4 nitrogen and oxygen atoms in total. The number of sulfonamides is 1. The number of fused-ring (bicyclic) bond motifs is 3. The van der Waals surface area contributed by atoms with E-state index in [0.717, 1.165) is 19.3 Å². The van der Waals surface area contributed by atoms with E-state index in [9.17, 15) is 8.42 Å². The second-order valence-electron chi connectivity index (χ2n) is 4.59. The highest BCUT2D eigenvalue weighted by molar-refractivity contribution is 7.90. The fourth-order valence-electron chi connectivity index (χ4n) is 2.61. The molecule has 2 bridgehead atoms. The van der Waals surface area contributed by atoms with Crippen LogP contribution in [0, 0.1) is 0 Å². The first-order valence-corrected chi connectivity index (χ1v) is 6.23. The first kappa shape index (κ1) is 9.43. The Morgan fingerprint density at radius 2 is 1.31 bits per heavy atom. The lowest BCUT2D eigenvalue weighted by Gasteiger charge is -2.50. The average Bonchev–Trinajstić information content (AvgIpc) is 2.04. The van der Waals surface area contributed by atoms with Gasteiger partial charge in [-0.1, -0.05) is 0 Å². The van der Waals surface area contributed by atoms with Crippen LogP contribution in [0.5, 0.6) is 0 Å². The summed E-state index contributed by atoms with van der Waals surface area (Å²) in [6, 6.07) is 0. The Morgan fingerprint density at radius 3 is 1.62 bits per heavy atom. The summed E-state index contributed by atoms with van der Waals surface area (Å²) < 4.78 is 22.2. The molecule has 0 spiro atoms. The van der Waals surface area contributed by atoms with E-state index in [1.54, 1.807) is 0 Å². The van der Waals surface area contributed by atoms with Gasteiger partial charge in [0.2, 0.25) is 10.0 Å². The predicted molar refractivity (Wildman–Crippen MR) is 50.5 cm³/mol. The molecule has 0 radical (unpaired) electrons. The molecule has 3 saturated carbocycles. The Hall–Kier alpha value is -0.130. The molecule has 0 aromatic carbocycles. The van der Waals surface area contributed by atoms with Crippen LogP contribution in [-0.4, -0.2) is 18.7 Å². The molecule has 0 unspecified atom stereocenters. The second kappa shape index (κ2) is 2.46. The summed E-state index contributed by atoms with van der Waals surface area (Å²) in [6.07, 6.45) is 4.39. The maximum absolute atomic E-state index is 11.4. The molecule has 76 valence electrons. The van der Waals surface area contributed by atoms with Crippen LogP contribution in [0.15, 0.2) is 0 Å². The van der Waals surface area contributed by atoms with E-state index in [0.29, 0.717) is 19.3 Å². The van der Waals surface area contributed by atoms with Crippen LogP contribution < -0.4 is 10.9 Å². The molecule has 0 amide bonds. The molecule has 0 heterocycles. The van der Waals surface area contributed by atoms with Crippen LogP contribution in [0.25, 0.3) is 0 Å². The fourth-order valence-corrected chi connectivity index (χ4v) is 3.77. The summed E-state index contributed by atoms with van der Waals surface area (Å²) in [4.78, 5) is 0. The van der Waals surface area contributed by atoms with Gasteiger partial charge in [0.15, 0.2) is 0 Å². The van der Waals surface area contributed by atoms with Gasteiger partial charge in [-0.05, 0) is 38.5 Å². The molecule has 0 aliphatic heterocycles. The van der Waals surface area contributed by atoms with Crippen molar-refractivity contribution in [2.75, 3.05) is 0 Å². The van der Waals surface area contributed by atoms with Gasteiger partial charge in [0.05, 0.1) is 4.75 Å². The maximum atomic E-state index is 11.4. The van der Waals surface area contributed by atoms with Gasteiger partial charge in [0.25, 0.3) is 0 Å². The first-order chi connectivity index (χ1) is 5.87. The summed E-state index contributed by atoms with van der Waals surface area (Å²) in [7, 11) is -3.38. The molecule has 4 N–H and O–H groups in total. The largest absolute Gasteiger partial charge is 0.325 e. The van der Waals surface area contributed by atoms with Gasteiger partial charge in [-0.25, -0.2) is 13.6 Å². The van der Waals surface area contributed by atoms with Crippen molar-refractivity contribution < 1.29 is 8.42 Å². The quantitative estimate of drug-likeness (QED) is 0.634. The third-order valence-electron chi connectivity index (χ3n) is 3.84. The highest BCUT2D eigenvalue weighted by atomic mass is 32.2. The SMILES string of the molecule is NC12CCC(S(N)(=O)=O)(CC1)CC2. The van der Waals surface area contributed by atoms with E-state index < -0.39 is 14.8 Å². The maximum Gasteiger partial charge on any atom is 0.214 e. The van der Waals surface area contributed by atoms with Gasteiger partial charge < -0.3 is 5.73 Å². The van der Waals surface area contributed by atoms with Gasteiger partial charge in [-0.2, -0.15) is 0 Å². The minimum Gasteiger partial charge on any atom is -0.325 e. The Balaban J connectivity index is 2.31. The monoisotopic (exact) mass is 204 g/mol. The Kier molecular flexibility index (Phi) is 1.78. The van der Waals surface area contributed by atoms with Crippen molar-refractivity contribution >= 4 is 10.0 Å². The summed E-state index contributed by atoms with van der Waals surface area (Å²) >= 11 is 0. The molecule has 0 atom stereocenters. The second-order valence-corrected chi connectivity index (χ2v) is 6.55. The molecule has 3 rings (SSSR count). The first-order valence-electron chi connectivity index (χ1n) is 4.68. The minimum absolute atomic E-state index is 0.0908. The van der Waals surface area contributed by atoms with Crippen molar-refractivity contribution in [1.82, 2.24) is 0 Å². The standard InChI is InChI=1S/C8H16N2O2S/c9-7-1-4-8(5-2-7,6-3-7)13(10,11)12/h1-6,9H2,(H2,10,11,12). The highest BCUT2D eigenvalue weighted by Gasteiger charge is 2.52. The molecule has 0 aromatic rings. The molecule has 3 aliphatic rings. The summed E-state index contributed by atoms with van der Waals surface area (Å²) in [5, 5.41) is 5.25. The van der Waals surface area contributed by atoms with E-state index in [-0.39, 0.29) is 5.54 Å². The topological polar surface area (TPSA) is 86.2 Å². The third kappa shape index (κ3) is 1.30. The van der Waals surface area contributed by atoms with Crippen LogP contribution in [0.2, 0.25) is 0 Å². The van der Waals surface area contributed by atoms with Crippen LogP contribution in [0.1, 0.15) is 38.5 Å². The van der Waals surface area contributed by atoms with Crippen molar-refractivity contribution in [3.05, 3.63) is 0 Å². The van der Waals surface area contributed by atoms with Gasteiger partial charge >= 0.3 is 0 Å². The average molecular weight is 204 g/mol. The van der Waals surface area contributed by atoms with Gasteiger partial charge in [0, 0.05) is 5.54 Å². The van der Waals surface area contributed by atoms with Crippen LogP contribution in [-0.2, 0) is 10.0 Å². The van der Waals surface area contributed by atoms with Gasteiger partial charge in [0.1, 0.15) is 0 Å². The molecule has 3 aliphatic carbocycles. The molecule has 0 aromatic heterocycles. The Bertz CT molecular complexity index is 299. The number of hydrogen-bond acceptors (Lipinski definition) is 3. The van der Waals surface area contributed by atoms with Crippen molar-refractivity contribution in [2.45, 2.75) is 48.8 Å². The van der Waals surface area contributed by atoms with E-state index in [4.69, 9.17) is 10.9 Å².